The molecule has 7 atom stereocenters. The van der Waals surface area contributed by atoms with E-state index in [1.54, 1.807) is 16.7 Å². The first-order valence-electron chi connectivity index (χ1n) is 13.0. The average Bonchev–Trinajstić information content (AvgIpc) is 3.41. The second kappa shape index (κ2) is 10.1. The molecule has 0 saturated carbocycles. The van der Waals surface area contributed by atoms with Gasteiger partial charge in [-0.25, -0.2) is 0 Å². The van der Waals surface area contributed by atoms with Gasteiger partial charge in [-0.15, -0.1) is 11.8 Å². The molecule has 192 valence electrons. The van der Waals surface area contributed by atoms with Gasteiger partial charge in [-0.2, -0.15) is 0 Å². The summed E-state index contributed by atoms with van der Waals surface area (Å²) in [5.41, 5.74) is 0.701. The van der Waals surface area contributed by atoms with Crippen molar-refractivity contribution in [1.82, 2.24) is 10.2 Å². The Balaban J connectivity index is 1.73. The fourth-order valence-electron chi connectivity index (χ4n) is 6.46. The number of carbonyl (C=O) groups is 3. The number of hydrogen-bond donors (Lipinski definition) is 3. The molecule has 8 heteroatoms. The van der Waals surface area contributed by atoms with E-state index in [4.69, 9.17) is 0 Å². The van der Waals surface area contributed by atoms with Gasteiger partial charge in [0.1, 0.15) is 6.04 Å². The fraction of sp³-hybridized carbons (Fsp3) is 0.667. The Bertz CT molecular complexity index is 959. The van der Waals surface area contributed by atoms with E-state index in [2.05, 4.69) is 24.5 Å². The van der Waals surface area contributed by atoms with E-state index in [1.165, 1.54) is 0 Å². The highest BCUT2D eigenvalue weighted by Crippen LogP contribution is 2.71. The molecule has 7 nitrogen and oxygen atoms in total. The van der Waals surface area contributed by atoms with Crippen LogP contribution in [0.1, 0.15) is 59.8 Å². The number of unbranched alkanes of at least 4 members (excludes halogenated alkanes) is 1. The maximum Gasteiger partial charge on any atom is 0.244 e. The standard InChI is InChI=1S/C27H39N3O4S/c1-5-7-15-28-24(33)22-27-14-13-26(4,35-27)20(23(32)29-18-11-9-8-10-12-18)21(27)25(34)30(22)19(16-31)17(3)6-2/h8-12,17,19-22,31H,5-7,13-16H2,1-4H3,(H,28,33)(H,29,32)/t17-,19-,20+,21-,22?,26-,27?/m0/s1. The number of hydrogen-bond acceptors (Lipinski definition) is 5. The molecule has 1 spiro atoms. The van der Waals surface area contributed by atoms with Crippen molar-refractivity contribution in [1.29, 1.82) is 0 Å². The second-order valence-electron chi connectivity index (χ2n) is 10.6. The van der Waals surface area contributed by atoms with E-state index in [9.17, 15) is 19.5 Å². The molecule has 1 aromatic carbocycles. The van der Waals surface area contributed by atoms with Gasteiger partial charge >= 0.3 is 0 Å². The van der Waals surface area contributed by atoms with Gasteiger partial charge in [0.2, 0.25) is 17.7 Å². The molecule has 0 radical (unpaired) electrons. The summed E-state index contributed by atoms with van der Waals surface area (Å²) in [4.78, 5) is 43.2. The minimum Gasteiger partial charge on any atom is -0.394 e. The number of thioether (sulfide) groups is 1. The van der Waals surface area contributed by atoms with Gasteiger partial charge in [0.15, 0.2) is 0 Å². The van der Waals surface area contributed by atoms with Crippen molar-refractivity contribution in [3.05, 3.63) is 30.3 Å². The van der Waals surface area contributed by atoms with Crippen molar-refractivity contribution < 1.29 is 19.5 Å². The Morgan fingerprint density at radius 3 is 2.54 bits per heavy atom. The van der Waals surface area contributed by atoms with E-state index < -0.39 is 33.4 Å². The van der Waals surface area contributed by atoms with E-state index in [1.807, 2.05) is 44.2 Å². The first-order valence-corrected chi connectivity index (χ1v) is 13.8. The summed E-state index contributed by atoms with van der Waals surface area (Å²) in [7, 11) is 0. The number of nitrogens with one attached hydrogen (secondary N) is 2. The number of rotatable bonds is 10. The first kappa shape index (κ1) is 26.0. The Morgan fingerprint density at radius 2 is 1.91 bits per heavy atom. The smallest absolute Gasteiger partial charge is 0.244 e. The van der Waals surface area contributed by atoms with Gasteiger partial charge in [0.05, 0.1) is 29.2 Å². The van der Waals surface area contributed by atoms with Crippen LogP contribution in [-0.2, 0) is 14.4 Å². The highest BCUT2D eigenvalue weighted by molar-refractivity contribution is 8.02. The average molecular weight is 502 g/mol. The second-order valence-corrected chi connectivity index (χ2v) is 12.5. The molecule has 3 N–H and O–H groups in total. The molecule has 3 amide bonds. The number of carbonyl (C=O) groups excluding carboxylic acids is 3. The molecule has 3 aliphatic rings. The molecule has 3 fully saturated rings. The van der Waals surface area contributed by atoms with Crippen LogP contribution in [0.15, 0.2) is 30.3 Å². The van der Waals surface area contributed by atoms with Gasteiger partial charge in [-0.1, -0.05) is 51.8 Å². The van der Waals surface area contributed by atoms with Crippen LogP contribution in [-0.4, -0.2) is 62.5 Å². The Hall–Kier alpha value is -2.06. The zero-order chi connectivity index (χ0) is 25.4. The third-order valence-corrected chi connectivity index (χ3v) is 10.4. The molecule has 2 bridgehead atoms. The normalized spacial score (nSPS) is 32.9. The quantitative estimate of drug-likeness (QED) is 0.427. The lowest BCUT2D eigenvalue weighted by Crippen LogP contribution is -2.57. The van der Waals surface area contributed by atoms with E-state index in [-0.39, 0.29) is 30.2 Å². The zero-order valence-electron chi connectivity index (χ0n) is 21.3. The molecule has 0 aliphatic carbocycles. The number of benzene rings is 1. The lowest BCUT2D eigenvalue weighted by molar-refractivity contribution is -0.143. The Kier molecular flexibility index (Phi) is 7.53. The minimum absolute atomic E-state index is 0.0273. The van der Waals surface area contributed by atoms with E-state index >= 15 is 0 Å². The van der Waals surface area contributed by atoms with Gasteiger partial charge < -0.3 is 20.6 Å². The number of anilines is 1. The summed E-state index contributed by atoms with van der Waals surface area (Å²) in [5, 5.41) is 16.5. The summed E-state index contributed by atoms with van der Waals surface area (Å²) in [6.07, 6.45) is 4.08. The topological polar surface area (TPSA) is 98.7 Å². The highest BCUT2D eigenvalue weighted by atomic mass is 32.2. The number of fused-ring (bicyclic) bond motifs is 1. The van der Waals surface area contributed by atoms with Crippen LogP contribution in [0, 0.1) is 17.8 Å². The molecule has 3 aliphatic heterocycles. The summed E-state index contributed by atoms with van der Waals surface area (Å²) in [5.74, 6) is -1.58. The van der Waals surface area contributed by atoms with Gasteiger partial charge in [0, 0.05) is 17.0 Å². The molecular weight excluding hydrogens is 462 g/mol. The number of aliphatic hydroxyl groups excluding tert-OH is 1. The molecule has 35 heavy (non-hydrogen) atoms. The summed E-state index contributed by atoms with van der Waals surface area (Å²) in [6.45, 7) is 8.54. The summed E-state index contributed by atoms with van der Waals surface area (Å²) >= 11 is 1.66. The third kappa shape index (κ3) is 4.26. The Morgan fingerprint density at radius 1 is 1.20 bits per heavy atom. The molecule has 4 rings (SSSR count). The minimum atomic E-state index is -0.690. The highest BCUT2D eigenvalue weighted by Gasteiger charge is 2.77. The summed E-state index contributed by atoms with van der Waals surface area (Å²) < 4.78 is -1.08. The monoisotopic (exact) mass is 501 g/mol. The number of likely N-dealkylation sites (tertiary alicyclic amines) is 1. The zero-order valence-corrected chi connectivity index (χ0v) is 22.1. The number of para-hydroxylation sites is 1. The molecule has 0 aromatic heterocycles. The van der Waals surface area contributed by atoms with Crippen LogP contribution in [0.4, 0.5) is 5.69 Å². The van der Waals surface area contributed by atoms with Crippen molar-refractivity contribution in [3.8, 4) is 0 Å². The predicted octanol–water partition coefficient (Wildman–Crippen LogP) is 3.43. The van der Waals surface area contributed by atoms with Crippen molar-refractivity contribution in [2.24, 2.45) is 17.8 Å². The fourth-order valence-corrected chi connectivity index (χ4v) is 8.80. The third-order valence-electron chi connectivity index (χ3n) is 8.46. The lowest BCUT2D eigenvalue weighted by atomic mass is 9.66. The van der Waals surface area contributed by atoms with E-state index in [0.717, 1.165) is 25.7 Å². The number of aliphatic hydroxyl groups is 1. The van der Waals surface area contributed by atoms with E-state index in [0.29, 0.717) is 18.7 Å². The SMILES string of the molecule is CCCCNC(=O)C1N([C@@H](CO)[C@@H](C)CC)C(=O)[C@@H]2[C@H](C(=O)Nc3ccccc3)[C@]3(C)CCC12S3. The largest absolute Gasteiger partial charge is 0.394 e. The van der Waals surface area contributed by atoms with Crippen LogP contribution in [0.3, 0.4) is 0 Å². The van der Waals surface area contributed by atoms with Crippen LogP contribution < -0.4 is 10.6 Å². The maximum atomic E-state index is 14.2. The Labute approximate surface area is 212 Å². The van der Waals surface area contributed by atoms with Crippen LogP contribution >= 0.6 is 11.8 Å². The summed E-state index contributed by atoms with van der Waals surface area (Å²) in [6, 6.07) is 8.16. The van der Waals surface area contributed by atoms with Crippen LogP contribution in [0.5, 0.6) is 0 Å². The molecule has 2 unspecified atom stereocenters. The lowest BCUT2D eigenvalue weighted by Gasteiger charge is -2.39. The number of nitrogens with zero attached hydrogens (tertiary/aromatic N) is 1. The number of amides is 3. The first-order chi connectivity index (χ1) is 16.7. The van der Waals surface area contributed by atoms with Crippen molar-refractivity contribution >= 4 is 35.2 Å². The van der Waals surface area contributed by atoms with Crippen molar-refractivity contribution in [2.45, 2.75) is 81.4 Å². The molecule has 1 aromatic rings. The predicted molar refractivity (Wildman–Crippen MR) is 139 cm³/mol. The van der Waals surface area contributed by atoms with Crippen LogP contribution in [0.2, 0.25) is 0 Å². The van der Waals surface area contributed by atoms with Gasteiger partial charge in [-0.3, -0.25) is 14.4 Å². The van der Waals surface area contributed by atoms with Crippen molar-refractivity contribution in [2.75, 3.05) is 18.5 Å². The van der Waals surface area contributed by atoms with Gasteiger partial charge in [-0.05, 0) is 44.2 Å². The molecule has 3 heterocycles. The van der Waals surface area contributed by atoms with Crippen molar-refractivity contribution in [3.63, 3.8) is 0 Å². The molecule has 3 saturated heterocycles. The maximum absolute atomic E-state index is 14.2. The van der Waals surface area contributed by atoms with Gasteiger partial charge in [0.25, 0.3) is 0 Å². The van der Waals surface area contributed by atoms with Crippen LogP contribution in [0.25, 0.3) is 0 Å². The molecular formula is C27H39N3O4S.